The van der Waals surface area contributed by atoms with Gasteiger partial charge in [0.25, 0.3) is 5.91 Å². The van der Waals surface area contributed by atoms with Crippen molar-refractivity contribution in [1.82, 2.24) is 10.2 Å². The maximum absolute atomic E-state index is 12.6. The van der Waals surface area contributed by atoms with Crippen molar-refractivity contribution in [2.75, 3.05) is 44.7 Å². The number of nitrogens with zero attached hydrogens (tertiary/aromatic N) is 3. The van der Waals surface area contributed by atoms with Gasteiger partial charge in [-0.1, -0.05) is 12.1 Å². The van der Waals surface area contributed by atoms with Gasteiger partial charge in [0, 0.05) is 44.0 Å². The van der Waals surface area contributed by atoms with E-state index >= 15 is 0 Å². The van der Waals surface area contributed by atoms with Crippen molar-refractivity contribution in [3.63, 3.8) is 0 Å². The van der Waals surface area contributed by atoms with Gasteiger partial charge in [-0.25, -0.2) is 0 Å². The molecule has 1 heterocycles. The number of benzene rings is 1. The van der Waals surface area contributed by atoms with Gasteiger partial charge < -0.3 is 19.9 Å². The minimum Gasteiger partial charge on any atom is -0.376 e. The molecule has 1 saturated heterocycles. The third-order valence-electron chi connectivity index (χ3n) is 5.15. The van der Waals surface area contributed by atoms with E-state index in [-0.39, 0.29) is 17.1 Å². The fraction of sp³-hybridized carbons (Fsp3) is 0.583. The number of nitriles is 1. The first kappa shape index (κ1) is 23.9. The first-order chi connectivity index (χ1) is 14.0. The highest BCUT2D eigenvalue weighted by atomic mass is 16.5. The van der Waals surface area contributed by atoms with Crippen LogP contribution in [-0.4, -0.2) is 61.8 Å². The van der Waals surface area contributed by atoms with Gasteiger partial charge >= 0.3 is 0 Å². The molecule has 1 aliphatic rings. The zero-order valence-corrected chi connectivity index (χ0v) is 19.3. The fourth-order valence-corrected chi connectivity index (χ4v) is 3.21. The third kappa shape index (κ3) is 7.81. The Morgan fingerprint density at radius 2 is 1.73 bits per heavy atom. The largest absolute Gasteiger partial charge is 0.376 e. The zero-order valence-electron chi connectivity index (χ0n) is 19.3. The van der Waals surface area contributed by atoms with Crippen molar-refractivity contribution in [2.45, 2.75) is 52.2 Å². The normalized spacial score (nSPS) is 16.3. The smallest absolute Gasteiger partial charge is 0.262 e. The quantitative estimate of drug-likeness (QED) is 0.549. The Kier molecular flexibility index (Phi) is 8.05. The Morgan fingerprint density at radius 3 is 2.27 bits per heavy atom. The summed E-state index contributed by atoms with van der Waals surface area (Å²) in [5.41, 5.74) is 1.43. The SMILES string of the molecule is CN1CCN(c2ccc(/C=C(\C#N)C(=O)NC(C)(C)CCOC(C)(C)C)cc2)CC1. The number of anilines is 1. The molecule has 0 aliphatic carbocycles. The number of piperazine rings is 1. The number of hydrogen-bond acceptors (Lipinski definition) is 5. The van der Waals surface area contributed by atoms with E-state index in [1.165, 1.54) is 5.69 Å². The van der Waals surface area contributed by atoms with Gasteiger partial charge in [-0.15, -0.1) is 0 Å². The summed E-state index contributed by atoms with van der Waals surface area (Å²) in [4.78, 5) is 17.3. The second-order valence-electron chi connectivity index (χ2n) is 9.60. The van der Waals surface area contributed by atoms with Crippen LogP contribution < -0.4 is 10.2 Å². The minimum absolute atomic E-state index is 0.104. The molecule has 1 aromatic rings. The molecule has 164 valence electrons. The number of carbonyl (C=O) groups excluding carboxylic acids is 1. The van der Waals surface area contributed by atoms with E-state index in [1.807, 2.05) is 52.8 Å². The van der Waals surface area contributed by atoms with Crippen LogP contribution in [0.15, 0.2) is 29.8 Å². The zero-order chi connectivity index (χ0) is 22.4. The molecule has 6 heteroatoms. The molecule has 0 spiro atoms. The summed E-state index contributed by atoms with van der Waals surface area (Å²) >= 11 is 0. The van der Waals surface area contributed by atoms with Crippen LogP contribution in [0.2, 0.25) is 0 Å². The number of carbonyl (C=O) groups is 1. The lowest BCUT2D eigenvalue weighted by molar-refractivity contribution is -0.118. The Labute approximate surface area is 181 Å². The van der Waals surface area contributed by atoms with Gasteiger partial charge in [0.15, 0.2) is 0 Å². The molecule has 0 bridgehead atoms. The summed E-state index contributed by atoms with van der Waals surface area (Å²) in [5.74, 6) is -0.360. The number of likely N-dealkylation sites (N-methyl/N-ethyl adjacent to an activating group) is 1. The number of rotatable bonds is 7. The third-order valence-corrected chi connectivity index (χ3v) is 5.15. The molecule has 6 nitrogen and oxygen atoms in total. The van der Waals surface area contributed by atoms with Crippen LogP contribution in [0, 0.1) is 11.3 Å². The van der Waals surface area contributed by atoms with E-state index in [1.54, 1.807) is 6.08 Å². The molecule has 2 rings (SSSR count). The molecule has 0 saturated carbocycles. The minimum atomic E-state index is -0.469. The maximum atomic E-state index is 12.6. The maximum Gasteiger partial charge on any atom is 0.262 e. The van der Waals surface area contributed by atoms with Gasteiger partial charge in [-0.3, -0.25) is 4.79 Å². The van der Waals surface area contributed by atoms with Crippen LogP contribution in [0.1, 0.15) is 46.6 Å². The van der Waals surface area contributed by atoms with Crippen LogP contribution in [0.4, 0.5) is 5.69 Å². The van der Waals surface area contributed by atoms with Gasteiger partial charge in [0.05, 0.1) is 5.60 Å². The van der Waals surface area contributed by atoms with Crippen molar-refractivity contribution in [3.05, 3.63) is 35.4 Å². The molecule has 1 aromatic carbocycles. The molecule has 1 aliphatic heterocycles. The molecular weight excluding hydrogens is 376 g/mol. The standard InChI is InChI=1S/C24H36N4O2/c1-23(2,3)30-16-11-24(4,5)26-22(29)20(18-25)17-19-7-9-21(10-8-19)28-14-12-27(6)13-15-28/h7-10,17H,11-16H2,1-6H3,(H,26,29)/b20-17+. The molecule has 1 fully saturated rings. The van der Waals surface area contributed by atoms with Crippen molar-refractivity contribution in [1.29, 1.82) is 5.26 Å². The molecular formula is C24H36N4O2. The summed E-state index contributed by atoms with van der Waals surface area (Å²) in [6, 6.07) is 10.1. The molecule has 30 heavy (non-hydrogen) atoms. The second kappa shape index (κ2) is 10.1. The number of nitrogens with one attached hydrogen (secondary N) is 1. The summed E-state index contributed by atoms with van der Waals surface area (Å²) < 4.78 is 5.76. The lowest BCUT2D eigenvalue weighted by atomic mass is 10.00. The van der Waals surface area contributed by atoms with E-state index in [2.05, 4.69) is 34.3 Å². The van der Waals surface area contributed by atoms with Gasteiger partial charge in [-0.2, -0.15) is 5.26 Å². The highest BCUT2D eigenvalue weighted by Gasteiger charge is 2.23. The average molecular weight is 413 g/mol. The van der Waals surface area contributed by atoms with Crippen molar-refractivity contribution >= 4 is 17.7 Å². The first-order valence-electron chi connectivity index (χ1n) is 10.6. The Hall–Kier alpha value is -2.36. The summed E-state index contributed by atoms with van der Waals surface area (Å²) in [7, 11) is 2.14. The van der Waals surface area contributed by atoms with E-state index in [0.717, 1.165) is 31.7 Å². The number of amides is 1. The van der Waals surface area contributed by atoms with E-state index in [9.17, 15) is 10.1 Å². The summed E-state index contributed by atoms with van der Waals surface area (Å²) in [5, 5.41) is 12.5. The Bertz CT molecular complexity index is 777. The predicted octanol–water partition coefficient (Wildman–Crippen LogP) is 3.45. The van der Waals surface area contributed by atoms with Crippen LogP contribution in [0.3, 0.4) is 0 Å². The van der Waals surface area contributed by atoms with Crippen molar-refractivity contribution < 1.29 is 9.53 Å². The lowest BCUT2D eigenvalue weighted by Crippen LogP contribution is -2.45. The van der Waals surface area contributed by atoms with Crippen LogP contribution in [0.25, 0.3) is 6.08 Å². The second-order valence-corrected chi connectivity index (χ2v) is 9.60. The van der Waals surface area contributed by atoms with Gasteiger partial charge in [0.2, 0.25) is 0 Å². The van der Waals surface area contributed by atoms with Crippen molar-refractivity contribution in [3.8, 4) is 6.07 Å². The van der Waals surface area contributed by atoms with Crippen LogP contribution >= 0.6 is 0 Å². The van der Waals surface area contributed by atoms with Crippen molar-refractivity contribution in [2.24, 2.45) is 0 Å². The number of hydrogen-bond donors (Lipinski definition) is 1. The molecule has 0 atom stereocenters. The van der Waals surface area contributed by atoms with Gasteiger partial charge in [0.1, 0.15) is 11.6 Å². The lowest BCUT2D eigenvalue weighted by Gasteiger charge is -2.34. The number of ether oxygens (including phenoxy) is 1. The predicted molar refractivity (Wildman–Crippen MR) is 122 cm³/mol. The topological polar surface area (TPSA) is 68.6 Å². The van der Waals surface area contributed by atoms with E-state index in [4.69, 9.17) is 4.74 Å². The van der Waals surface area contributed by atoms with Crippen LogP contribution in [0.5, 0.6) is 0 Å². The molecule has 0 unspecified atom stereocenters. The Balaban J connectivity index is 1.98. The molecule has 1 amide bonds. The monoisotopic (exact) mass is 412 g/mol. The molecule has 1 N–H and O–H groups in total. The molecule has 0 radical (unpaired) electrons. The summed E-state index contributed by atoms with van der Waals surface area (Å²) in [6.45, 7) is 14.5. The highest BCUT2D eigenvalue weighted by Crippen LogP contribution is 2.19. The first-order valence-corrected chi connectivity index (χ1v) is 10.6. The molecule has 0 aromatic heterocycles. The average Bonchev–Trinajstić information content (AvgIpc) is 2.65. The Morgan fingerprint density at radius 1 is 1.13 bits per heavy atom. The van der Waals surface area contributed by atoms with Gasteiger partial charge in [-0.05, 0) is 71.9 Å². The fourth-order valence-electron chi connectivity index (χ4n) is 3.21. The van der Waals surface area contributed by atoms with E-state index < -0.39 is 5.54 Å². The van der Waals surface area contributed by atoms with E-state index in [0.29, 0.717) is 13.0 Å². The summed E-state index contributed by atoms with van der Waals surface area (Å²) in [6.07, 6.45) is 2.30. The van der Waals surface area contributed by atoms with Crippen LogP contribution in [-0.2, 0) is 9.53 Å². The highest BCUT2D eigenvalue weighted by molar-refractivity contribution is 6.02.